The van der Waals surface area contributed by atoms with Gasteiger partial charge < -0.3 is 4.74 Å². The highest BCUT2D eigenvalue weighted by molar-refractivity contribution is 7.84. The third-order valence-electron chi connectivity index (χ3n) is 2.98. The van der Waals surface area contributed by atoms with E-state index in [1.54, 1.807) is 10.7 Å². The summed E-state index contributed by atoms with van der Waals surface area (Å²) in [6.45, 7) is 4.67. The van der Waals surface area contributed by atoms with Crippen molar-refractivity contribution in [2.45, 2.75) is 19.0 Å². The summed E-state index contributed by atoms with van der Waals surface area (Å²) in [6.07, 6.45) is 1.58. The van der Waals surface area contributed by atoms with Crippen LogP contribution in [0.25, 0.3) is 16.7 Å². The third-order valence-corrected chi connectivity index (χ3v) is 3.76. The quantitative estimate of drug-likeness (QED) is 0.738. The van der Waals surface area contributed by atoms with E-state index in [0.29, 0.717) is 29.2 Å². The molecule has 1 unspecified atom stereocenters. The molecule has 0 saturated heterocycles. The first-order valence-corrected chi connectivity index (χ1v) is 8.24. The molecule has 0 fully saturated rings. The lowest BCUT2D eigenvalue weighted by Gasteiger charge is -2.10. The van der Waals surface area contributed by atoms with Crippen LogP contribution >= 0.6 is 0 Å². The Balaban J connectivity index is 2.30. The van der Waals surface area contributed by atoms with Crippen LogP contribution in [0.15, 0.2) is 29.4 Å². The van der Waals surface area contributed by atoms with Crippen molar-refractivity contribution in [2.24, 2.45) is 5.92 Å². The van der Waals surface area contributed by atoms with E-state index in [1.165, 1.54) is 0 Å². The Bertz CT molecular complexity index is 828. The van der Waals surface area contributed by atoms with Crippen LogP contribution in [0.2, 0.25) is 0 Å². The van der Waals surface area contributed by atoms with Crippen LogP contribution in [-0.2, 0) is 10.8 Å². The molecule has 0 bridgehead atoms. The molecular weight excluding hydrogens is 288 g/mol. The van der Waals surface area contributed by atoms with Gasteiger partial charge in [0, 0.05) is 6.26 Å². The van der Waals surface area contributed by atoms with Gasteiger partial charge in [0.15, 0.2) is 0 Å². The van der Waals surface area contributed by atoms with Crippen molar-refractivity contribution in [2.75, 3.05) is 12.9 Å². The highest BCUT2D eigenvalue weighted by Crippen LogP contribution is 2.24. The number of aromatic nitrogens is 4. The maximum absolute atomic E-state index is 11.9. The fourth-order valence-electron chi connectivity index (χ4n) is 2.06. The molecule has 0 aliphatic rings. The monoisotopic (exact) mass is 304 g/mol. The topological polar surface area (TPSA) is 69.4 Å². The molecular formula is C14H16N4O2S. The molecule has 2 aromatic heterocycles. The van der Waals surface area contributed by atoms with Crippen molar-refractivity contribution >= 4 is 27.5 Å². The van der Waals surface area contributed by atoms with Crippen LogP contribution in [-0.4, -0.2) is 36.7 Å². The van der Waals surface area contributed by atoms with Gasteiger partial charge in [-0.25, -0.2) is 4.98 Å². The number of hydrogen-bond acceptors (Lipinski definition) is 5. The second kappa shape index (κ2) is 5.40. The number of nitrogens with zero attached hydrogens (tertiary/aromatic N) is 4. The van der Waals surface area contributed by atoms with Gasteiger partial charge in [-0.1, -0.05) is 26.0 Å². The van der Waals surface area contributed by atoms with Gasteiger partial charge in [-0.3, -0.25) is 8.61 Å². The predicted octanol–water partition coefficient (Wildman–Crippen LogP) is 2.05. The highest BCUT2D eigenvalue weighted by Gasteiger charge is 2.17. The Labute approximate surface area is 124 Å². The molecule has 6 nitrogen and oxygen atoms in total. The fraction of sp³-hybridized carbons (Fsp3) is 0.357. The zero-order valence-corrected chi connectivity index (χ0v) is 12.9. The molecule has 0 spiro atoms. The summed E-state index contributed by atoms with van der Waals surface area (Å²) in [7, 11) is -1.24. The molecule has 2 heterocycles. The number of fused-ring (bicyclic) bond motifs is 3. The smallest absolute Gasteiger partial charge is 0.260 e. The van der Waals surface area contributed by atoms with E-state index in [1.807, 2.05) is 24.3 Å². The maximum atomic E-state index is 11.9. The van der Waals surface area contributed by atoms with Crippen molar-refractivity contribution in [1.82, 2.24) is 19.6 Å². The predicted molar refractivity (Wildman–Crippen MR) is 81.0 cm³/mol. The summed E-state index contributed by atoms with van der Waals surface area (Å²) in [5.41, 5.74) is 2.08. The normalized spacial score (nSPS) is 13.1. The van der Waals surface area contributed by atoms with Gasteiger partial charge in [0.05, 0.1) is 28.4 Å². The van der Waals surface area contributed by atoms with E-state index in [0.717, 1.165) is 11.0 Å². The zero-order chi connectivity index (χ0) is 15.0. The number of para-hydroxylation sites is 2. The van der Waals surface area contributed by atoms with Crippen molar-refractivity contribution in [3.05, 3.63) is 24.3 Å². The first kappa shape index (κ1) is 13.9. The molecule has 0 radical (unpaired) electrons. The van der Waals surface area contributed by atoms with Gasteiger partial charge in [-0.05, 0) is 18.1 Å². The minimum Gasteiger partial charge on any atom is -0.475 e. The van der Waals surface area contributed by atoms with Crippen molar-refractivity contribution < 1.29 is 8.95 Å². The van der Waals surface area contributed by atoms with Crippen molar-refractivity contribution in [1.29, 1.82) is 0 Å². The molecule has 3 aromatic rings. The molecule has 1 aromatic carbocycles. The first-order valence-electron chi connectivity index (χ1n) is 6.68. The molecule has 3 rings (SSSR count). The summed E-state index contributed by atoms with van der Waals surface area (Å²) in [4.78, 5) is 4.50. The van der Waals surface area contributed by atoms with E-state index < -0.39 is 10.8 Å². The van der Waals surface area contributed by atoms with Crippen molar-refractivity contribution in [3.63, 3.8) is 0 Å². The second-order valence-electron chi connectivity index (χ2n) is 5.21. The van der Waals surface area contributed by atoms with Gasteiger partial charge in [0.25, 0.3) is 5.88 Å². The van der Waals surface area contributed by atoms with Crippen LogP contribution in [0.1, 0.15) is 13.8 Å². The van der Waals surface area contributed by atoms with E-state index in [-0.39, 0.29) is 0 Å². The van der Waals surface area contributed by atoms with Gasteiger partial charge in [0.1, 0.15) is 0 Å². The summed E-state index contributed by atoms with van der Waals surface area (Å²) in [6, 6.07) is 7.60. The Morgan fingerprint density at radius 2 is 2.05 bits per heavy atom. The Hall–Kier alpha value is -2.02. The van der Waals surface area contributed by atoms with Crippen molar-refractivity contribution in [3.8, 4) is 5.88 Å². The summed E-state index contributed by atoms with van der Waals surface area (Å²) < 4.78 is 19.4. The molecule has 0 saturated carbocycles. The largest absolute Gasteiger partial charge is 0.475 e. The van der Waals surface area contributed by atoms with Crippen LogP contribution in [0, 0.1) is 5.92 Å². The van der Waals surface area contributed by atoms with E-state index in [4.69, 9.17) is 4.74 Å². The summed E-state index contributed by atoms with van der Waals surface area (Å²) in [5, 5.41) is 8.53. The lowest BCUT2D eigenvalue weighted by atomic mass is 10.2. The van der Waals surface area contributed by atoms with Gasteiger partial charge >= 0.3 is 0 Å². The molecule has 0 amide bonds. The number of rotatable bonds is 4. The lowest BCUT2D eigenvalue weighted by molar-refractivity contribution is 0.264. The lowest BCUT2D eigenvalue weighted by Crippen LogP contribution is -2.08. The summed E-state index contributed by atoms with van der Waals surface area (Å²) in [5.74, 6) is 0.799. The molecule has 1 atom stereocenters. The first-order chi connectivity index (χ1) is 10.1. The Kier molecular flexibility index (Phi) is 3.59. The SMILES string of the molecule is CC(C)COc1nc2ccccc2n2c(S(C)=O)nnc12. The van der Waals surface area contributed by atoms with Gasteiger partial charge in [0.2, 0.25) is 10.8 Å². The molecule has 110 valence electrons. The Morgan fingerprint density at radius 3 is 2.76 bits per heavy atom. The average molecular weight is 304 g/mol. The number of ether oxygens (including phenoxy) is 1. The average Bonchev–Trinajstić information content (AvgIpc) is 2.90. The molecule has 21 heavy (non-hydrogen) atoms. The minimum absolute atomic E-state index is 0.376. The second-order valence-corrected chi connectivity index (χ2v) is 6.48. The molecule has 0 aliphatic heterocycles. The molecule has 7 heteroatoms. The number of hydrogen-bond donors (Lipinski definition) is 0. The van der Waals surface area contributed by atoms with Crippen LogP contribution < -0.4 is 4.74 Å². The van der Waals surface area contributed by atoms with E-state index >= 15 is 0 Å². The Morgan fingerprint density at radius 1 is 1.29 bits per heavy atom. The van der Waals surface area contributed by atoms with Crippen LogP contribution in [0.4, 0.5) is 0 Å². The van der Waals surface area contributed by atoms with Gasteiger partial charge in [-0.2, -0.15) is 0 Å². The van der Waals surface area contributed by atoms with Crippen LogP contribution in [0.5, 0.6) is 5.88 Å². The summed E-state index contributed by atoms with van der Waals surface area (Å²) >= 11 is 0. The highest BCUT2D eigenvalue weighted by atomic mass is 32.2. The molecule has 0 aliphatic carbocycles. The standard InChI is InChI=1S/C14H16N4O2S/c1-9(2)8-20-13-12-16-17-14(21(3)19)18(12)11-7-5-4-6-10(11)15-13/h4-7,9H,8H2,1-3H3. The minimum atomic E-state index is -1.24. The van der Waals surface area contributed by atoms with Crippen LogP contribution in [0.3, 0.4) is 0 Å². The van der Waals surface area contributed by atoms with E-state index in [2.05, 4.69) is 29.0 Å². The number of benzene rings is 1. The third kappa shape index (κ3) is 2.49. The van der Waals surface area contributed by atoms with E-state index in [9.17, 15) is 4.21 Å². The maximum Gasteiger partial charge on any atom is 0.260 e. The fourth-order valence-corrected chi connectivity index (χ4v) is 2.66. The molecule has 0 N–H and O–H groups in total. The zero-order valence-electron chi connectivity index (χ0n) is 12.1. The van der Waals surface area contributed by atoms with Gasteiger partial charge in [-0.15, -0.1) is 10.2 Å².